The summed E-state index contributed by atoms with van der Waals surface area (Å²) < 4.78 is 9.18. The molecule has 9 heteroatoms. The van der Waals surface area contributed by atoms with Gasteiger partial charge in [0.05, 0.1) is 35.5 Å². The third-order valence-corrected chi connectivity index (χ3v) is 5.45. The Bertz CT molecular complexity index is 994. The molecule has 0 bridgehead atoms. The lowest BCUT2D eigenvalue weighted by molar-refractivity contribution is -0.113. The molecular weight excluding hydrogens is 376 g/mol. The summed E-state index contributed by atoms with van der Waals surface area (Å²) in [6, 6.07) is 7.69. The van der Waals surface area contributed by atoms with Gasteiger partial charge in [0.25, 0.3) is 0 Å². The van der Waals surface area contributed by atoms with E-state index in [0.717, 1.165) is 34.2 Å². The number of aryl methyl sites for hydroxylation is 2. The van der Waals surface area contributed by atoms with Gasteiger partial charge in [-0.2, -0.15) is 5.10 Å². The molecule has 3 aromatic rings. The molecule has 0 radical (unpaired) electrons. The van der Waals surface area contributed by atoms with Gasteiger partial charge in [-0.05, 0) is 32.9 Å². The third kappa shape index (κ3) is 3.89. The van der Waals surface area contributed by atoms with Crippen molar-refractivity contribution in [2.45, 2.75) is 32.5 Å². The molecule has 0 atom stereocenters. The van der Waals surface area contributed by atoms with Crippen LogP contribution in [0.3, 0.4) is 0 Å². The molecule has 0 aliphatic heterocycles. The highest BCUT2D eigenvalue weighted by atomic mass is 32.2. The molecule has 1 aromatic carbocycles. The standard InChI is InChI=1S/C19H24N6O2S/c1-6-25-18(14-9-7-8-10-15(14)27-5)21-22-19(25)28-11-16(26)20-17-12(2)23-24(4)13(17)3/h7-10H,6,11H2,1-5H3,(H,20,26). The first kappa shape index (κ1) is 19.9. The van der Waals surface area contributed by atoms with E-state index in [9.17, 15) is 4.79 Å². The van der Waals surface area contributed by atoms with E-state index >= 15 is 0 Å². The van der Waals surface area contributed by atoms with Crippen molar-refractivity contribution in [3.05, 3.63) is 35.7 Å². The van der Waals surface area contributed by atoms with Crippen LogP contribution >= 0.6 is 11.8 Å². The van der Waals surface area contributed by atoms with Crippen molar-refractivity contribution in [1.82, 2.24) is 24.5 Å². The Morgan fingerprint density at radius 3 is 2.64 bits per heavy atom. The summed E-state index contributed by atoms with van der Waals surface area (Å²) >= 11 is 1.36. The van der Waals surface area contributed by atoms with Gasteiger partial charge in [-0.1, -0.05) is 23.9 Å². The van der Waals surface area contributed by atoms with Crippen LogP contribution in [0.5, 0.6) is 5.75 Å². The molecule has 2 aromatic heterocycles. The van der Waals surface area contributed by atoms with Crippen molar-refractivity contribution < 1.29 is 9.53 Å². The minimum Gasteiger partial charge on any atom is -0.496 e. The highest BCUT2D eigenvalue weighted by Gasteiger charge is 2.18. The maximum atomic E-state index is 12.4. The molecule has 0 unspecified atom stereocenters. The smallest absolute Gasteiger partial charge is 0.234 e. The zero-order valence-electron chi connectivity index (χ0n) is 16.7. The van der Waals surface area contributed by atoms with E-state index < -0.39 is 0 Å². The number of rotatable bonds is 7. The second-order valence-electron chi connectivity index (χ2n) is 6.26. The number of nitrogens with one attached hydrogen (secondary N) is 1. The Morgan fingerprint density at radius 1 is 1.25 bits per heavy atom. The van der Waals surface area contributed by atoms with E-state index in [4.69, 9.17) is 4.74 Å². The topological polar surface area (TPSA) is 86.9 Å². The number of methoxy groups -OCH3 is 1. The van der Waals surface area contributed by atoms with Gasteiger partial charge in [-0.3, -0.25) is 9.48 Å². The minimum absolute atomic E-state index is 0.103. The predicted octanol–water partition coefficient (Wildman–Crippen LogP) is 3.05. The maximum absolute atomic E-state index is 12.4. The number of carbonyl (C=O) groups excluding carboxylic acids is 1. The second-order valence-corrected chi connectivity index (χ2v) is 7.20. The van der Waals surface area contributed by atoms with Crippen molar-refractivity contribution in [1.29, 1.82) is 0 Å². The van der Waals surface area contributed by atoms with Gasteiger partial charge >= 0.3 is 0 Å². The summed E-state index contributed by atoms with van der Waals surface area (Å²) in [4.78, 5) is 12.4. The highest BCUT2D eigenvalue weighted by molar-refractivity contribution is 7.99. The Kier molecular flexibility index (Phi) is 6.03. The molecule has 148 valence electrons. The van der Waals surface area contributed by atoms with Gasteiger partial charge in [0.15, 0.2) is 11.0 Å². The van der Waals surface area contributed by atoms with Crippen LogP contribution in [0.15, 0.2) is 29.4 Å². The van der Waals surface area contributed by atoms with E-state index in [0.29, 0.717) is 11.7 Å². The number of nitrogens with zero attached hydrogens (tertiary/aromatic N) is 5. The Labute approximate surface area is 168 Å². The molecular formula is C19H24N6O2S. The van der Waals surface area contributed by atoms with Crippen molar-refractivity contribution in [3.8, 4) is 17.1 Å². The van der Waals surface area contributed by atoms with E-state index in [1.807, 2.05) is 56.7 Å². The number of amides is 1. The fourth-order valence-electron chi connectivity index (χ4n) is 2.97. The summed E-state index contributed by atoms with van der Waals surface area (Å²) in [5.74, 6) is 1.59. The summed E-state index contributed by atoms with van der Waals surface area (Å²) in [5, 5.41) is 16.6. The first-order valence-electron chi connectivity index (χ1n) is 8.95. The number of thioether (sulfide) groups is 1. The Balaban J connectivity index is 1.75. The van der Waals surface area contributed by atoms with E-state index in [1.165, 1.54) is 11.8 Å². The zero-order valence-corrected chi connectivity index (χ0v) is 17.5. The molecule has 0 aliphatic rings. The molecule has 3 rings (SSSR count). The van der Waals surface area contributed by atoms with Gasteiger partial charge in [-0.25, -0.2) is 0 Å². The van der Waals surface area contributed by atoms with Gasteiger partial charge in [0.1, 0.15) is 5.75 Å². The number of anilines is 1. The van der Waals surface area contributed by atoms with Crippen molar-refractivity contribution in [2.24, 2.45) is 7.05 Å². The van der Waals surface area contributed by atoms with Crippen LogP contribution in [-0.4, -0.2) is 43.3 Å². The summed E-state index contributed by atoms with van der Waals surface area (Å²) in [6.45, 7) is 6.51. The van der Waals surface area contributed by atoms with Gasteiger partial charge in [0.2, 0.25) is 5.91 Å². The van der Waals surface area contributed by atoms with Crippen LogP contribution in [0.25, 0.3) is 11.4 Å². The molecule has 0 spiro atoms. The van der Waals surface area contributed by atoms with Crippen LogP contribution in [0.1, 0.15) is 18.3 Å². The van der Waals surface area contributed by atoms with Crippen LogP contribution < -0.4 is 10.1 Å². The summed E-state index contributed by atoms with van der Waals surface area (Å²) in [5.41, 5.74) is 3.36. The van der Waals surface area contributed by atoms with Crippen LogP contribution in [0, 0.1) is 13.8 Å². The van der Waals surface area contributed by atoms with Gasteiger partial charge in [-0.15, -0.1) is 10.2 Å². The van der Waals surface area contributed by atoms with Gasteiger partial charge in [0, 0.05) is 13.6 Å². The number of hydrogen-bond acceptors (Lipinski definition) is 6. The molecule has 28 heavy (non-hydrogen) atoms. The van der Waals surface area contributed by atoms with E-state index in [1.54, 1.807) is 11.8 Å². The summed E-state index contributed by atoms with van der Waals surface area (Å²) in [6.07, 6.45) is 0. The number of para-hydroxylation sites is 1. The zero-order chi connectivity index (χ0) is 20.3. The molecule has 8 nitrogen and oxygen atoms in total. The number of ether oxygens (including phenoxy) is 1. The number of carbonyl (C=O) groups is 1. The average molecular weight is 401 g/mol. The lowest BCUT2D eigenvalue weighted by atomic mass is 10.2. The van der Waals surface area contributed by atoms with Crippen LogP contribution in [-0.2, 0) is 18.4 Å². The quantitative estimate of drug-likeness (QED) is 0.614. The number of aromatic nitrogens is 5. The van der Waals surface area contributed by atoms with Crippen LogP contribution in [0.4, 0.5) is 5.69 Å². The van der Waals surface area contributed by atoms with Crippen molar-refractivity contribution >= 4 is 23.4 Å². The van der Waals surface area contributed by atoms with Crippen LogP contribution in [0.2, 0.25) is 0 Å². The normalized spacial score (nSPS) is 10.9. The third-order valence-electron chi connectivity index (χ3n) is 4.49. The fourth-order valence-corrected chi connectivity index (χ4v) is 3.77. The molecule has 0 saturated carbocycles. The maximum Gasteiger partial charge on any atom is 0.234 e. The minimum atomic E-state index is -0.103. The lowest BCUT2D eigenvalue weighted by Crippen LogP contribution is -2.15. The monoisotopic (exact) mass is 400 g/mol. The molecule has 0 fully saturated rings. The second kappa shape index (κ2) is 8.47. The van der Waals surface area contributed by atoms with Crippen molar-refractivity contribution in [3.63, 3.8) is 0 Å². The molecule has 1 N–H and O–H groups in total. The van der Waals surface area contributed by atoms with E-state index in [-0.39, 0.29) is 11.7 Å². The average Bonchev–Trinajstić information content (AvgIpc) is 3.21. The fraction of sp³-hybridized carbons (Fsp3) is 0.368. The molecule has 0 saturated heterocycles. The molecule has 1 amide bonds. The first-order valence-corrected chi connectivity index (χ1v) is 9.94. The molecule has 0 aliphatic carbocycles. The highest BCUT2D eigenvalue weighted by Crippen LogP contribution is 2.30. The Hall–Kier alpha value is -2.81. The predicted molar refractivity (Wildman–Crippen MR) is 110 cm³/mol. The first-order chi connectivity index (χ1) is 13.5. The number of benzene rings is 1. The molecule has 2 heterocycles. The lowest BCUT2D eigenvalue weighted by Gasteiger charge is -2.10. The van der Waals surface area contributed by atoms with Gasteiger partial charge < -0.3 is 14.6 Å². The van der Waals surface area contributed by atoms with E-state index in [2.05, 4.69) is 20.6 Å². The van der Waals surface area contributed by atoms with Crippen molar-refractivity contribution in [2.75, 3.05) is 18.2 Å². The SMILES string of the molecule is CCn1c(SCC(=O)Nc2c(C)nn(C)c2C)nnc1-c1ccccc1OC. The summed E-state index contributed by atoms with van der Waals surface area (Å²) in [7, 11) is 3.49. The number of hydrogen-bond donors (Lipinski definition) is 1. The largest absolute Gasteiger partial charge is 0.496 e. The Morgan fingerprint density at radius 2 is 2.00 bits per heavy atom.